The average molecular weight is 629 g/mol. The maximum absolute atomic E-state index is 13.2. The van der Waals surface area contributed by atoms with Gasteiger partial charge in [-0.25, -0.2) is 4.79 Å². The number of benzene rings is 2. The highest BCUT2D eigenvalue weighted by atomic mass is 80.0. The van der Waals surface area contributed by atoms with E-state index in [1.807, 2.05) is 30.3 Å². The molecule has 0 radical (unpaired) electrons. The lowest BCUT2D eigenvalue weighted by Crippen LogP contribution is -2.46. The zero-order valence-electron chi connectivity index (χ0n) is 16.6. The lowest BCUT2D eigenvalue weighted by atomic mass is 10.3. The molecule has 7 nitrogen and oxygen atoms in total. The summed E-state index contributed by atoms with van der Waals surface area (Å²) in [6.07, 6.45) is 0. The Kier molecular flexibility index (Phi) is 9.39. The van der Waals surface area contributed by atoms with E-state index in [-0.39, 0.29) is 6.61 Å². The monoisotopic (exact) mass is 626 g/mol. The predicted molar refractivity (Wildman–Crippen MR) is 129 cm³/mol. The topological polar surface area (TPSA) is 77.1 Å². The second-order valence-corrected chi connectivity index (χ2v) is 15.2. The number of ether oxygens (including phenoxy) is 1. The van der Waals surface area contributed by atoms with E-state index in [4.69, 9.17) is 13.8 Å². The van der Waals surface area contributed by atoms with Gasteiger partial charge in [0.2, 0.25) is 0 Å². The number of hydrogen-bond acceptors (Lipinski definition) is 5. The molecule has 0 aliphatic heterocycles. The number of carbonyl (C=O) groups is 1. The average Bonchev–Trinajstić information content (AvgIpc) is 2.69. The Hall–Kier alpha value is -0.900. The summed E-state index contributed by atoms with van der Waals surface area (Å²) >= 11 is 10.0. The van der Waals surface area contributed by atoms with Gasteiger partial charge in [0.15, 0.2) is 7.93 Å². The molecule has 0 saturated heterocycles. The van der Waals surface area contributed by atoms with Gasteiger partial charge in [-0.1, -0.05) is 66.0 Å². The van der Waals surface area contributed by atoms with E-state index in [1.54, 1.807) is 31.2 Å². The summed E-state index contributed by atoms with van der Waals surface area (Å²) in [5.74, 6) is 0.327. The Balaban J connectivity index is 2.13. The van der Waals surface area contributed by atoms with Crippen LogP contribution in [0.5, 0.6) is 11.5 Å². The Morgan fingerprint density at radius 3 is 2.17 bits per heavy atom. The fourth-order valence-electron chi connectivity index (χ4n) is 2.57. The van der Waals surface area contributed by atoms with Crippen LogP contribution in [-0.2, 0) is 13.6 Å². The number of halogens is 3. The third kappa shape index (κ3) is 6.80. The molecule has 1 N–H and O–H groups in total. The maximum atomic E-state index is 13.2. The van der Waals surface area contributed by atoms with Gasteiger partial charge in [0.05, 0.1) is 6.61 Å². The van der Waals surface area contributed by atoms with E-state index in [0.29, 0.717) is 17.2 Å². The van der Waals surface area contributed by atoms with Crippen molar-refractivity contribution in [2.45, 2.75) is 14.8 Å². The third-order valence-electron chi connectivity index (χ3n) is 3.93. The van der Waals surface area contributed by atoms with Crippen molar-refractivity contribution in [1.29, 1.82) is 0 Å². The normalized spacial score (nSPS) is 14.5. The van der Waals surface area contributed by atoms with Crippen LogP contribution in [-0.4, -0.2) is 39.6 Å². The number of nitrogens with one attached hydrogen (secondary N) is 1. The molecule has 2 rings (SSSR count). The van der Waals surface area contributed by atoms with Gasteiger partial charge in [0.1, 0.15) is 11.5 Å². The molecule has 0 aliphatic rings. The van der Waals surface area contributed by atoms with Crippen LogP contribution < -0.4 is 10.1 Å². The fraction of sp³-hybridized carbons (Fsp3) is 0.316. The van der Waals surface area contributed by atoms with Gasteiger partial charge >= 0.3 is 13.6 Å². The summed E-state index contributed by atoms with van der Waals surface area (Å²) in [6, 6.07) is 15.8. The predicted octanol–water partition coefficient (Wildman–Crippen LogP) is 6.98. The molecule has 0 spiro atoms. The van der Waals surface area contributed by atoms with Crippen molar-refractivity contribution in [3.8, 4) is 11.5 Å². The smallest absolute Gasteiger partial charge is 0.356 e. The maximum Gasteiger partial charge on any atom is 0.356 e. The van der Waals surface area contributed by atoms with E-state index in [1.165, 1.54) is 19.1 Å². The number of hydrogen-bond donors (Lipinski definition) is 1. The van der Waals surface area contributed by atoms with Crippen molar-refractivity contribution in [3.05, 3.63) is 54.6 Å². The molecular formula is C19H22Br3N2O5P. The molecule has 0 aromatic heterocycles. The fourth-order valence-corrected chi connectivity index (χ4v) is 7.44. The number of carbonyl (C=O) groups excluding carboxylic acids is 1. The van der Waals surface area contributed by atoms with Crippen LogP contribution in [0.25, 0.3) is 0 Å². The molecule has 0 saturated carbocycles. The number of alkyl halides is 3. The number of para-hydroxylation sites is 1. The van der Waals surface area contributed by atoms with Crippen LogP contribution >= 0.6 is 55.4 Å². The molecule has 2 aromatic rings. The first-order valence-corrected chi connectivity index (χ1v) is 12.8. The molecule has 30 heavy (non-hydrogen) atoms. The standard InChI is InChI=1S/C19H22Br3N2O5P/c1-4-28-30(26,27-3)17(19(20,21)22)24(2)18(25)23-14-10-12-16(13-11-14)29-15-8-6-5-7-9-15/h5-13,17H,4H2,1-3H3,(H,23,25). The molecule has 0 heterocycles. The summed E-state index contributed by atoms with van der Waals surface area (Å²) in [7, 11) is -0.916. The largest absolute Gasteiger partial charge is 0.457 e. The highest BCUT2D eigenvalue weighted by Crippen LogP contribution is 2.62. The quantitative estimate of drug-likeness (QED) is 0.252. The van der Waals surface area contributed by atoms with Gasteiger partial charge in [-0.3, -0.25) is 4.57 Å². The van der Waals surface area contributed by atoms with Gasteiger partial charge in [0, 0.05) is 19.8 Å². The van der Waals surface area contributed by atoms with Crippen molar-refractivity contribution in [2.24, 2.45) is 0 Å². The van der Waals surface area contributed by atoms with E-state index < -0.39 is 21.6 Å². The first kappa shape index (κ1) is 25.4. The van der Waals surface area contributed by atoms with Crippen LogP contribution in [0.15, 0.2) is 54.6 Å². The van der Waals surface area contributed by atoms with Gasteiger partial charge in [-0.15, -0.1) is 0 Å². The van der Waals surface area contributed by atoms with Gasteiger partial charge in [-0.2, -0.15) is 0 Å². The summed E-state index contributed by atoms with van der Waals surface area (Å²) in [5, 5.41) is 2.76. The van der Waals surface area contributed by atoms with Crippen LogP contribution in [0.1, 0.15) is 6.92 Å². The van der Waals surface area contributed by atoms with Gasteiger partial charge in [0.25, 0.3) is 0 Å². The van der Waals surface area contributed by atoms with Crippen molar-refractivity contribution < 1.29 is 23.1 Å². The first-order chi connectivity index (χ1) is 14.1. The molecule has 11 heteroatoms. The lowest BCUT2D eigenvalue weighted by molar-refractivity contribution is 0.191. The summed E-state index contributed by atoms with van der Waals surface area (Å²) in [5.41, 5.74) is 0.541. The second kappa shape index (κ2) is 11.1. The van der Waals surface area contributed by atoms with E-state index in [9.17, 15) is 9.36 Å². The highest BCUT2D eigenvalue weighted by Gasteiger charge is 2.51. The number of nitrogens with zero attached hydrogens (tertiary/aromatic N) is 1. The van der Waals surface area contributed by atoms with E-state index in [2.05, 4.69) is 53.1 Å². The van der Waals surface area contributed by atoms with Gasteiger partial charge < -0.3 is 24.0 Å². The number of amides is 2. The van der Waals surface area contributed by atoms with Gasteiger partial charge in [-0.05, 0) is 43.3 Å². The molecule has 0 aliphatic carbocycles. The van der Waals surface area contributed by atoms with E-state index >= 15 is 0 Å². The second-order valence-electron chi connectivity index (χ2n) is 6.04. The van der Waals surface area contributed by atoms with Crippen molar-refractivity contribution in [1.82, 2.24) is 4.90 Å². The zero-order chi connectivity index (χ0) is 22.4. The Morgan fingerprint density at radius 2 is 1.67 bits per heavy atom. The van der Waals surface area contributed by atoms with Crippen molar-refractivity contribution >= 4 is 67.1 Å². The van der Waals surface area contributed by atoms with Crippen molar-refractivity contribution in [2.75, 3.05) is 26.1 Å². The Labute approximate surface area is 201 Å². The molecule has 2 unspecified atom stereocenters. The Bertz CT molecular complexity index is 878. The third-order valence-corrected chi connectivity index (χ3v) is 8.75. The molecule has 0 fully saturated rings. The summed E-state index contributed by atoms with van der Waals surface area (Å²) in [6.45, 7) is 1.85. The van der Waals surface area contributed by atoms with Crippen LogP contribution in [0.4, 0.5) is 10.5 Å². The highest BCUT2D eigenvalue weighted by molar-refractivity contribution is 9.39. The van der Waals surface area contributed by atoms with E-state index in [0.717, 1.165) is 0 Å². The first-order valence-electron chi connectivity index (χ1n) is 8.84. The lowest BCUT2D eigenvalue weighted by Gasteiger charge is -2.37. The van der Waals surface area contributed by atoms with Crippen LogP contribution in [0.2, 0.25) is 0 Å². The minimum absolute atomic E-state index is 0.156. The SMILES string of the molecule is CCOP(=O)(OC)C(N(C)C(=O)Nc1ccc(Oc2ccccc2)cc1)C(Br)(Br)Br. The minimum Gasteiger partial charge on any atom is -0.457 e. The summed E-state index contributed by atoms with van der Waals surface area (Å²) < 4.78 is 28.3. The van der Waals surface area contributed by atoms with Crippen LogP contribution in [0.3, 0.4) is 0 Å². The molecule has 2 aromatic carbocycles. The molecule has 0 bridgehead atoms. The number of urea groups is 1. The minimum atomic E-state index is -3.69. The number of anilines is 1. The molecule has 2 amide bonds. The van der Waals surface area contributed by atoms with Crippen LogP contribution in [0, 0.1) is 0 Å². The Morgan fingerprint density at radius 1 is 1.10 bits per heavy atom. The summed E-state index contributed by atoms with van der Waals surface area (Å²) in [4.78, 5) is 14.1. The molecule has 164 valence electrons. The molecular weight excluding hydrogens is 607 g/mol. The van der Waals surface area contributed by atoms with Crippen molar-refractivity contribution in [3.63, 3.8) is 0 Å². The zero-order valence-corrected chi connectivity index (χ0v) is 22.2. The number of rotatable bonds is 8. The molecule has 2 atom stereocenters.